The van der Waals surface area contributed by atoms with E-state index in [2.05, 4.69) is 10.2 Å². The second-order valence-corrected chi connectivity index (χ2v) is 3.47. The Balaban J connectivity index is 2.82. The molecule has 1 aromatic heterocycles. The van der Waals surface area contributed by atoms with E-state index < -0.39 is 12.6 Å². The molecule has 94 valence electrons. The van der Waals surface area contributed by atoms with Crippen molar-refractivity contribution in [1.82, 2.24) is 10.2 Å². The van der Waals surface area contributed by atoms with Gasteiger partial charge in [0.1, 0.15) is 5.84 Å². The Kier molecular flexibility index (Phi) is 3.87. The zero-order valence-corrected chi connectivity index (χ0v) is 9.12. The van der Waals surface area contributed by atoms with Crippen LogP contribution in [0.3, 0.4) is 0 Å². The summed E-state index contributed by atoms with van der Waals surface area (Å²) >= 11 is 0. The van der Waals surface area contributed by atoms with Crippen LogP contribution in [0.2, 0.25) is 0 Å². The van der Waals surface area contributed by atoms with Crippen LogP contribution in [0.5, 0.6) is 0 Å². The van der Waals surface area contributed by atoms with Gasteiger partial charge in [-0.05, 0) is 6.07 Å². The molecular weight excluding hydrogens is 235 g/mol. The number of nitrogens with two attached hydrogens (primary N) is 1. The van der Waals surface area contributed by atoms with Gasteiger partial charge in [-0.25, -0.2) is 0 Å². The van der Waals surface area contributed by atoms with Crippen molar-refractivity contribution in [2.24, 2.45) is 5.73 Å². The fraction of sp³-hybridized carbons (Fsp3) is 0.444. The van der Waals surface area contributed by atoms with Crippen LogP contribution in [0.25, 0.3) is 0 Å². The van der Waals surface area contributed by atoms with Gasteiger partial charge in [-0.1, -0.05) is 0 Å². The fourth-order valence-corrected chi connectivity index (χ4v) is 1.22. The molecule has 3 N–H and O–H groups in total. The molecule has 8 heteroatoms. The number of halogens is 3. The van der Waals surface area contributed by atoms with Gasteiger partial charge in [-0.15, -0.1) is 5.10 Å². The van der Waals surface area contributed by atoms with E-state index in [-0.39, 0.29) is 23.8 Å². The summed E-state index contributed by atoms with van der Waals surface area (Å²) < 4.78 is 36.2. The first-order valence-corrected chi connectivity index (χ1v) is 4.75. The van der Waals surface area contributed by atoms with Crippen molar-refractivity contribution in [3.05, 3.63) is 17.8 Å². The normalized spacial score (nSPS) is 11.3. The maximum Gasteiger partial charge on any atom is 0.390 e. The molecule has 0 amide bonds. The van der Waals surface area contributed by atoms with E-state index >= 15 is 0 Å². The molecule has 0 aliphatic carbocycles. The minimum atomic E-state index is -4.23. The Bertz CT molecular complexity index is 404. The third-order valence-corrected chi connectivity index (χ3v) is 2.08. The van der Waals surface area contributed by atoms with Crippen molar-refractivity contribution in [1.29, 1.82) is 5.41 Å². The smallest absolute Gasteiger partial charge is 0.384 e. The molecule has 0 radical (unpaired) electrons. The maximum absolute atomic E-state index is 12.1. The Hall–Kier alpha value is -1.86. The highest BCUT2D eigenvalue weighted by Gasteiger charge is 2.27. The second-order valence-electron chi connectivity index (χ2n) is 3.47. The van der Waals surface area contributed by atoms with Gasteiger partial charge in [0.25, 0.3) is 0 Å². The molecule has 0 aromatic carbocycles. The highest BCUT2D eigenvalue weighted by atomic mass is 19.4. The third kappa shape index (κ3) is 3.89. The number of nitrogen functional groups attached to an aromatic ring is 1. The summed E-state index contributed by atoms with van der Waals surface area (Å²) in [6.45, 7) is -0.261. The number of rotatable bonds is 4. The van der Waals surface area contributed by atoms with Gasteiger partial charge in [0.2, 0.25) is 0 Å². The minimum Gasteiger partial charge on any atom is -0.384 e. The quantitative estimate of drug-likeness (QED) is 0.618. The van der Waals surface area contributed by atoms with Crippen LogP contribution >= 0.6 is 0 Å². The number of aromatic nitrogens is 2. The van der Waals surface area contributed by atoms with Crippen molar-refractivity contribution in [2.75, 3.05) is 18.5 Å². The third-order valence-electron chi connectivity index (χ3n) is 2.08. The summed E-state index contributed by atoms with van der Waals surface area (Å²) in [6.07, 6.45) is -3.86. The first kappa shape index (κ1) is 13.2. The zero-order valence-electron chi connectivity index (χ0n) is 9.12. The lowest BCUT2D eigenvalue weighted by molar-refractivity contribution is -0.132. The van der Waals surface area contributed by atoms with Crippen molar-refractivity contribution in [2.45, 2.75) is 12.6 Å². The van der Waals surface area contributed by atoms with Gasteiger partial charge in [0.05, 0.1) is 18.2 Å². The monoisotopic (exact) mass is 247 g/mol. The molecule has 17 heavy (non-hydrogen) atoms. The largest absolute Gasteiger partial charge is 0.390 e. The molecule has 5 nitrogen and oxygen atoms in total. The number of hydrogen-bond donors (Lipinski definition) is 2. The molecule has 0 aliphatic rings. The van der Waals surface area contributed by atoms with Gasteiger partial charge in [0.15, 0.2) is 5.82 Å². The van der Waals surface area contributed by atoms with Gasteiger partial charge < -0.3 is 10.6 Å². The van der Waals surface area contributed by atoms with Crippen LogP contribution in [-0.4, -0.2) is 35.8 Å². The van der Waals surface area contributed by atoms with Crippen LogP contribution in [0.15, 0.2) is 12.3 Å². The molecule has 0 fully saturated rings. The van der Waals surface area contributed by atoms with E-state index in [0.717, 1.165) is 0 Å². The average molecular weight is 247 g/mol. The highest BCUT2D eigenvalue weighted by Crippen LogP contribution is 2.21. The summed E-state index contributed by atoms with van der Waals surface area (Å²) in [4.78, 5) is 1.28. The maximum atomic E-state index is 12.1. The molecule has 1 aromatic rings. The highest BCUT2D eigenvalue weighted by molar-refractivity contribution is 5.99. The first-order chi connectivity index (χ1) is 7.81. The lowest BCUT2D eigenvalue weighted by Gasteiger charge is -2.20. The van der Waals surface area contributed by atoms with E-state index in [1.165, 1.54) is 24.2 Å². The minimum absolute atomic E-state index is 0.171. The predicted molar refractivity (Wildman–Crippen MR) is 57.0 cm³/mol. The zero-order chi connectivity index (χ0) is 13.1. The van der Waals surface area contributed by atoms with Crippen LogP contribution in [0, 0.1) is 5.41 Å². The molecule has 0 spiro atoms. The summed E-state index contributed by atoms with van der Waals surface area (Å²) in [5, 5.41) is 14.5. The van der Waals surface area contributed by atoms with Gasteiger partial charge in [-0.3, -0.25) is 5.41 Å². The Labute approximate surface area is 95.9 Å². The SMILES string of the molecule is CN(CCC(F)(F)F)c1nnccc1C(=N)N. The Morgan fingerprint density at radius 1 is 1.53 bits per heavy atom. The lowest BCUT2D eigenvalue weighted by Crippen LogP contribution is -2.28. The van der Waals surface area contributed by atoms with Gasteiger partial charge >= 0.3 is 6.18 Å². The predicted octanol–water partition coefficient (Wildman–Crippen LogP) is 1.15. The van der Waals surface area contributed by atoms with Gasteiger partial charge in [0, 0.05) is 13.6 Å². The lowest BCUT2D eigenvalue weighted by atomic mass is 10.2. The van der Waals surface area contributed by atoms with E-state index in [4.69, 9.17) is 11.1 Å². The number of amidine groups is 1. The van der Waals surface area contributed by atoms with Crippen molar-refractivity contribution in [3.8, 4) is 0 Å². The Morgan fingerprint density at radius 3 is 2.71 bits per heavy atom. The van der Waals surface area contributed by atoms with E-state index in [1.54, 1.807) is 0 Å². The summed E-state index contributed by atoms with van der Waals surface area (Å²) in [6, 6.07) is 1.44. The van der Waals surface area contributed by atoms with Crippen molar-refractivity contribution in [3.63, 3.8) is 0 Å². The molecular formula is C9H12F3N5. The molecule has 0 atom stereocenters. The van der Waals surface area contributed by atoms with Crippen LogP contribution in [0.1, 0.15) is 12.0 Å². The Morgan fingerprint density at radius 2 is 2.18 bits per heavy atom. The van der Waals surface area contributed by atoms with E-state index in [0.29, 0.717) is 0 Å². The van der Waals surface area contributed by atoms with Crippen molar-refractivity contribution < 1.29 is 13.2 Å². The topological polar surface area (TPSA) is 78.9 Å². The molecule has 0 aliphatic heterocycles. The average Bonchev–Trinajstić information content (AvgIpc) is 2.25. The summed E-state index contributed by atoms with van der Waals surface area (Å²) in [5.41, 5.74) is 5.57. The molecule has 1 rings (SSSR count). The fourth-order valence-electron chi connectivity index (χ4n) is 1.22. The molecule has 1 heterocycles. The van der Waals surface area contributed by atoms with Gasteiger partial charge in [-0.2, -0.15) is 18.3 Å². The first-order valence-electron chi connectivity index (χ1n) is 4.75. The molecule has 0 unspecified atom stereocenters. The summed E-state index contributed by atoms with van der Waals surface area (Å²) in [5.74, 6) is -0.0852. The number of anilines is 1. The molecule has 0 saturated carbocycles. The van der Waals surface area contributed by atoms with Crippen LogP contribution in [0.4, 0.5) is 19.0 Å². The molecule has 0 saturated heterocycles. The van der Waals surface area contributed by atoms with Crippen molar-refractivity contribution >= 4 is 11.7 Å². The van der Waals surface area contributed by atoms with Crippen LogP contribution in [-0.2, 0) is 0 Å². The standard InChI is InChI=1S/C9H12F3N5/c1-17(5-3-9(10,11)12)8-6(7(13)14)2-4-15-16-8/h2,4H,3,5H2,1H3,(H3,13,14). The number of nitrogens with one attached hydrogen (secondary N) is 1. The number of alkyl halides is 3. The van der Waals surface area contributed by atoms with Crippen LogP contribution < -0.4 is 10.6 Å². The van der Waals surface area contributed by atoms with E-state index in [9.17, 15) is 13.2 Å². The summed E-state index contributed by atoms with van der Waals surface area (Å²) in [7, 11) is 1.45. The van der Waals surface area contributed by atoms with E-state index in [1.807, 2.05) is 0 Å². The second kappa shape index (κ2) is 4.98. The number of nitrogens with zero attached hydrogens (tertiary/aromatic N) is 3. The number of hydrogen-bond acceptors (Lipinski definition) is 4. The molecule has 0 bridgehead atoms.